The van der Waals surface area contributed by atoms with Gasteiger partial charge in [0.05, 0.1) is 24.4 Å². The van der Waals surface area contributed by atoms with Crippen LogP contribution >= 0.6 is 0 Å². The van der Waals surface area contributed by atoms with Crippen molar-refractivity contribution in [1.82, 2.24) is 0 Å². The Morgan fingerprint density at radius 3 is 1.26 bits per heavy atom. The van der Waals surface area contributed by atoms with Crippen LogP contribution in [0.25, 0.3) is 0 Å². The predicted molar refractivity (Wildman–Crippen MR) is 232 cm³/mol. The first-order chi connectivity index (χ1) is 32.1. The summed E-state index contributed by atoms with van der Waals surface area (Å²) in [6.07, 6.45) is -17.8. The van der Waals surface area contributed by atoms with Crippen molar-refractivity contribution in [1.29, 1.82) is 0 Å². The molecule has 4 heterocycles. The third-order valence-electron chi connectivity index (χ3n) is 12.2. The average molecular weight is 981 g/mol. The number of aliphatic hydroxyl groups excluding tert-OH is 4. The minimum atomic E-state index is -1.86. The van der Waals surface area contributed by atoms with Crippen molar-refractivity contribution in [3.05, 3.63) is 0 Å². The van der Waals surface area contributed by atoms with Gasteiger partial charge in [0.2, 0.25) is 0 Å². The molecule has 4 saturated heterocycles. The monoisotopic (exact) mass is 980 g/mol. The normalized spacial score (nSPS) is 38.5. The van der Waals surface area contributed by atoms with E-state index >= 15 is 0 Å². The second-order valence-corrected chi connectivity index (χ2v) is 18.0. The van der Waals surface area contributed by atoms with Crippen LogP contribution in [0, 0.1) is 0 Å². The van der Waals surface area contributed by atoms with Gasteiger partial charge in [-0.25, -0.2) is 0 Å². The summed E-state index contributed by atoms with van der Waals surface area (Å²) in [5.74, 6) is -4.16. The van der Waals surface area contributed by atoms with Crippen molar-refractivity contribution >= 4 is 29.8 Å². The fourth-order valence-electron chi connectivity index (χ4n) is 8.88. The Hall–Kier alpha value is -3.13. The number of unbranched alkanes of at least 4 members (excludes halogenated alkanes) is 9. The highest BCUT2D eigenvalue weighted by atomic mass is 16.8. The first kappa shape index (κ1) is 57.4. The molecule has 4 aliphatic heterocycles. The molecule has 68 heavy (non-hydrogen) atoms. The highest BCUT2D eigenvalue weighted by Crippen LogP contribution is 2.38. The van der Waals surface area contributed by atoms with Crippen LogP contribution < -0.4 is 0 Å². The van der Waals surface area contributed by atoms with Gasteiger partial charge in [-0.15, -0.1) is 0 Å². The molecular weight excluding hydrogens is 904 g/mol. The molecule has 0 amide bonds. The Morgan fingerprint density at radius 2 is 0.735 bits per heavy atom. The van der Waals surface area contributed by atoms with Crippen LogP contribution in [0.5, 0.6) is 0 Å². The summed E-state index contributed by atoms with van der Waals surface area (Å²) in [5.41, 5.74) is 0. The lowest BCUT2D eigenvalue weighted by atomic mass is 9.95. The van der Waals surface area contributed by atoms with Crippen LogP contribution in [-0.4, -0.2) is 180 Å². The molecule has 0 aromatic heterocycles. The van der Waals surface area contributed by atoms with Crippen molar-refractivity contribution in [2.24, 2.45) is 0 Å². The number of ether oxygens (including phenoxy) is 13. The number of rotatable bonds is 23. The fourth-order valence-corrected chi connectivity index (χ4v) is 8.88. The van der Waals surface area contributed by atoms with Gasteiger partial charge >= 0.3 is 29.8 Å². The van der Waals surface area contributed by atoms with Gasteiger partial charge < -0.3 is 82.0 Å². The standard InChI is InChI=1S/C46H76O22/c1-11-12-13-14-15-16-17-18-19-20-21-56-43-32(53)31(52)35(22(2)57-43)66-44-34(55)39(37(24(4)58-44)62-27(7)48)67-46-42(65-30(10)51)41(38(25(5)60-46)63-28(8)49)68-45-40(64-29(9)50)33(54)36(23(3)59-45)61-26(6)47/h22-25,31-46,52-55H,11-21H2,1-10H3/t22-,23-,24-,25-,31-,32+,33+,34+,35-,36-,37-,38-,39-,40+,41+,42+,43+,44-,45-,46-/m0/s1. The summed E-state index contributed by atoms with van der Waals surface area (Å²) in [5, 5.41) is 45.7. The minimum Gasteiger partial charge on any atom is -0.457 e. The van der Waals surface area contributed by atoms with Gasteiger partial charge in [0.25, 0.3) is 0 Å². The van der Waals surface area contributed by atoms with Gasteiger partial charge in [-0.3, -0.25) is 24.0 Å². The van der Waals surface area contributed by atoms with Crippen LogP contribution in [0.1, 0.15) is 133 Å². The highest BCUT2D eigenvalue weighted by Gasteiger charge is 2.58. The Bertz CT molecular complexity index is 1600. The third kappa shape index (κ3) is 16.2. The molecule has 392 valence electrons. The second-order valence-electron chi connectivity index (χ2n) is 18.0. The quantitative estimate of drug-likeness (QED) is 0.0648. The maximum absolute atomic E-state index is 12.8. The van der Waals surface area contributed by atoms with E-state index in [1.807, 2.05) is 0 Å². The minimum absolute atomic E-state index is 0.295. The largest absolute Gasteiger partial charge is 0.457 e. The molecule has 0 saturated carbocycles. The van der Waals surface area contributed by atoms with Gasteiger partial charge in [-0.05, 0) is 34.1 Å². The molecule has 0 spiro atoms. The van der Waals surface area contributed by atoms with E-state index in [-0.39, 0.29) is 0 Å². The number of hydrogen-bond acceptors (Lipinski definition) is 22. The zero-order valence-electron chi connectivity index (χ0n) is 41.0. The Kier molecular flexibility index (Phi) is 23.2. The molecule has 4 rings (SSSR count). The Labute approximate surface area is 398 Å². The van der Waals surface area contributed by atoms with Crippen LogP contribution in [0.15, 0.2) is 0 Å². The SMILES string of the molecule is CCCCCCCCCCCCO[C@@H]1O[C@@H](C)[C@H](O[C@@H]2O[C@@H](C)[C@H](OC(C)=O)[C@@H](O[C@@H]3O[C@@H](C)[C@H](OC(C)=O)[C@@H](O[C@@H]4O[C@@H](C)[C@H](OC(C)=O)[C@@H](O)[C@H]4OC(C)=O)[C@H]3OC(C)=O)[C@H]2O)[C@@H](O)[C@H]1O. The number of carbonyl (C=O) groups is 5. The number of carbonyl (C=O) groups excluding carboxylic acids is 5. The van der Waals surface area contributed by atoms with E-state index in [9.17, 15) is 44.4 Å². The lowest BCUT2D eigenvalue weighted by molar-refractivity contribution is -0.385. The molecule has 0 unspecified atom stereocenters. The molecule has 20 atom stereocenters. The van der Waals surface area contributed by atoms with Crippen molar-refractivity contribution in [2.75, 3.05) is 6.61 Å². The van der Waals surface area contributed by atoms with E-state index in [1.54, 1.807) is 6.92 Å². The van der Waals surface area contributed by atoms with E-state index in [1.165, 1.54) is 59.3 Å². The van der Waals surface area contributed by atoms with E-state index in [0.29, 0.717) is 6.61 Å². The topological polar surface area (TPSA) is 286 Å². The highest BCUT2D eigenvalue weighted by molar-refractivity contribution is 5.68. The summed E-state index contributed by atoms with van der Waals surface area (Å²) < 4.78 is 76.3. The third-order valence-corrected chi connectivity index (χ3v) is 12.2. The smallest absolute Gasteiger partial charge is 0.303 e. The first-order valence-electron chi connectivity index (χ1n) is 23.9. The molecule has 0 aromatic rings. The summed E-state index contributed by atoms with van der Waals surface area (Å²) in [6, 6.07) is 0. The van der Waals surface area contributed by atoms with E-state index in [2.05, 4.69) is 6.92 Å². The van der Waals surface area contributed by atoms with E-state index in [4.69, 9.17) is 61.6 Å². The lowest BCUT2D eigenvalue weighted by Gasteiger charge is -2.50. The van der Waals surface area contributed by atoms with Gasteiger partial charge in [0.15, 0.2) is 55.7 Å². The average Bonchev–Trinajstić information content (AvgIpc) is 3.25. The molecule has 4 aliphatic rings. The predicted octanol–water partition coefficient (Wildman–Crippen LogP) is 2.16. The molecule has 22 nitrogen and oxygen atoms in total. The molecule has 4 N–H and O–H groups in total. The van der Waals surface area contributed by atoms with Gasteiger partial charge in [0, 0.05) is 41.2 Å². The zero-order chi connectivity index (χ0) is 50.4. The van der Waals surface area contributed by atoms with Gasteiger partial charge in [-0.1, -0.05) is 64.7 Å². The van der Waals surface area contributed by atoms with Crippen LogP contribution in [0.4, 0.5) is 0 Å². The molecule has 22 heteroatoms. The van der Waals surface area contributed by atoms with Gasteiger partial charge in [0.1, 0.15) is 42.7 Å². The Morgan fingerprint density at radius 1 is 0.368 bits per heavy atom. The van der Waals surface area contributed by atoms with Crippen molar-refractivity contribution in [2.45, 2.75) is 256 Å². The Balaban J connectivity index is 1.54. The lowest BCUT2D eigenvalue weighted by Crippen LogP contribution is -2.67. The number of esters is 5. The maximum atomic E-state index is 12.8. The van der Waals surface area contributed by atoms with Crippen LogP contribution in [0.2, 0.25) is 0 Å². The summed E-state index contributed by atoms with van der Waals surface area (Å²) in [7, 11) is 0. The number of aliphatic hydroxyl groups is 4. The van der Waals surface area contributed by atoms with E-state index in [0.717, 1.165) is 60.3 Å². The van der Waals surface area contributed by atoms with Crippen molar-refractivity contribution < 1.29 is 106 Å². The summed E-state index contributed by atoms with van der Waals surface area (Å²) >= 11 is 0. The van der Waals surface area contributed by atoms with Gasteiger partial charge in [-0.2, -0.15) is 0 Å². The van der Waals surface area contributed by atoms with Crippen LogP contribution in [0.3, 0.4) is 0 Å². The van der Waals surface area contributed by atoms with Crippen molar-refractivity contribution in [3.8, 4) is 0 Å². The summed E-state index contributed by atoms with van der Waals surface area (Å²) in [6.45, 7) is 13.9. The molecule has 0 aromatic carbocycles. The fraction of sp³-hybridized carbons (Fsp3) is 0.891. The van der Waals surface area contributed by atoms with Crippen molar-refractivity contribution in [3.63, 3.8) is 0 Å². The van der Waals surface area contributed by atoms with E-state index < -0.39 is 153 Å². The summed E-state index contributed by atoms with van der Waals surface area (Å²) in [4.78, 5) is 62.0. The first-order valence-corrected chi connectivity index (χ1v) is 23.9. The number of hydrogen-bond donors (Lipinski definition) is 4. The zero-order valence-corrected chi connectivity index (χ0v) is 41.0. The van der Waals surface area contributed by atoms with Crippen LogP contribution in [-0.2, 0) is 85.6 Å². The molecular formula is C46H76O22. The second kappa shape index (κ2) is 27.5. The molecule has 0 bridgehead atoms. The molecule has 0 radical (unpaired) electrons. The maximum Gasteiger partial charge on any atom is 0.303 e. The molecule has 4 fully saturated rings. The molecule has 0 aliphatic carbocycles.